The van der Waals surface area contributed by atoms with E-state index >= 15 is 0 Å². The number of nitrogens with zero attached hydrogens (tertiary/aromatic N) is 3. The molecule has 1 aliphatic rings. The first-order valence-electron chi connectivity index (χ1n) is 4.54. The molecule has 0 aromatic carbocycles. The molecular weight excluding hydrogens is 184 g/mol. The highest BCUT2D eigenvalue weighted by molar-refractivity contribution is 5.69. The largest absolute Gasteiger partial charge is 0.464 e. The lowest BCUT2D eigenvalue weighted by molar-refractivity contribution is -0.145. The van der Waals surface area contributed by atoms with Crippen LogP contribution in [0.15, 0.2) is 6.33 Å². The Bertz CT molecular complexity index is 332. The molecule has 1 aromatic heterocycles. The fourth-order valence-electron chi connectivity index (χ4n) is 1.06. The van der Waals surface area contributed by atoms with Crippen LogP contribution in [0.2, 0.25) is 0 Å². The van der Waals surface area contributed by atoms with Crippen molar-refractivity contribution in [2.75, 3.05) is 12.3 Å². The van der Waals surface area contributed by atoms with Crippen molar-refractivity contribution >= 4 is 11.9 Å². The maximum absolute atomic E-state index is 11.2. The van der Waals surface area contributed by atoms with Gasteiger partial charge in [-0.2, -0.15) is 0 Å². The summed E-state index contributed by atoms with van der Waals surface area (Å²) in [5.41, 5.74) is 5.29. The molecule has 76 valence electrons. The summed E-state index contributed by atoms with van der Waals surface area (Å²) in [7, 11) is 0. The van der Waals surface area contributed by atoms with Crippen molar-refractivity contribution in [2.45, 2.75) is 19.4 Å². The van der Waals surface area contributed by atoms with Gasteiger partial charge in [0, 0.05) is 0 Å². The maximum Gasteiger partial charge on any atom is 0.327 e. The van der Waals surface area contributed by atoms with E-state index < -0.39 is 0 Å². The zero-order chi connectivity index (χ0) is 9.97. The van der Waals surface area contributed by atoms with Gasteiger partial charge in [-0.15, -0.1) is 5.10 Å². The number of nitrogen functional groups attached to an aromatic ring is 1. The van der Waals surface area contributed by atoms with Gasteiger partial charge < -0.3 is 10.5 Å². The first-order valence-corrected chi connectivity index (χ1v) is 4.54. The lowest BCUT2D eigenvalue weighted by Gasteiger charge is -2.02. The Morgan fingerprint density at radius 1 is 1.71 bits per heavy atom. The Morgan fingerprint density at radius 3 is 3.07 bits per heavy atom. The van der Waals surface area contributed by atoms with Crippen LogP contribution in [0.25, 0.3) is 0 Å². The van der Waals surface area contributed by atoms with Crippen LogP contribution in [0, 0.1) is 5.92 Å². The van der Waals surface area contributed by atoms with Crippen molar-refractivity contribution in [1.29, 1.82) is 0 Å². The van der Waals surface area contributed by atoms with Gasteiger partial charge in [-0.1, -0.05) is 0 Å². The van der Waals surface area contributed by atoms with Gasteiger partial charge in [-0.3, -0.25) is 4.79 Å². The quantitative estimate of drug-likeness (QED) is 0.675. The summed E-state index contributed by atoms with van der Waals surface area (Å²) in [5.74, 6) is 0.460. The number of hydrogen-bond acceptors (Lipinski definition) is 5. The molecule has 0 atom stereocenters. The molecule has 0 aliphatic heterocycles. The number of anilines is 1. The molecule has 1 saturated carbocycles. The highest BCUT2D eigenvalue weighted by atomic mass is 16.5. The lowest BCUT2D eigenvalue weighted by atomic mass is 10.5. The molecule has 1 aliphatic carbocycles. The van der Waals surface area contributed by atoms with E-state index in [0.717, 1.165) is 0 Å². The normalized spacial score (nSPS) is 15.4. The predicted octanol–water partition coefficient (Wildman–Crippen LogP) is -0.187. The van der Waals surface area contributed by atoms with E-state index in [2.05, 4.69) is 10.1 Å². The SMILES string of the molecule is Nc1ncn(CC(=O)OCC2CC2)n1. The third-order valence-corrected chi connectivity index (χ3v) is 2.02. The summed E-state index contributed by atoms with van der Waals surface area (Å²) in [6.07, 6.45) is 3.75. The highest BCUT2D eigenvalue weighted by Crippen LogP contribution is 2.28. The Balaban J connectivity index is 1.75. The molecule has 0 saturated heterocycles. The predicted molar refractivity (Wildman–Crippen MR) is 48.1 cm³/mol. The Kier molecular flexibility index (Phi) is 2.34. The zero-order valence-electron chi connectivity index (χ0n) is 7.72. The average Bonchev–Trinajstić information content (AvgIpc) is 2.88. The van der Waals surface area contributed by atoms with Crippen LogP contribution in [0.5, 0.6) is 0 Å². The molecule has 1 fully saturated rings. The lowest BCUT2D eigenvalue weighted by Crippen LogP contribution is -2.15. The van der Waals surface area contributed by atoms with E-state index in [1.807, 2.05) is 0 Å². The summed E-state index contributed by atoms with van der Waals surface area (Å²) in [6, 6.07) is 0. The van der Waals surface area contributed by atoms with Crippen molar-refractivity contribution < 1.29 is 9.53 Å². The minimum absolute atomic E-state index is 0.0803. The average molecular weight is 196 g/mol. The topological polar surface area (TPSA) is 83.0 Å². The summed E-state index contributed by atoms with van der Waals surface area (Å²) in [5, 5.41) is 3.78. The molecule has 1 aromatic rings. The number of carbonyl (C=O) groups is 1. The van der Waals surface area contributed by atoms with Crippen LogP contribution in [0.3, 0.4) is 0 Å². The number of esters is 1. The zero-order valence-corrected chi connectivity index (χ0v) is 7.72. The van der Waals surface area contributed by atoms with Gasteiger partial charge in [0.15, 0.2) is 0 Å². The van der Waals surface area contributed by atoms with Crippen molar-refractivity contribution in [3.8, 4) is 0 Å². The number of aromatic nitrogens is 3. The van der Waals surface area contributed by atoms with Gasteiger partial charge in [0.1, 0.15) is 12.9 Å². The number of carbonyl (C=O) groups excluding carboxylic acids is 1. The molecular formula is C8H12N4O2. The standard InChI is InChI=1S/C8H12N4O2/c9-8-10-5-12(11-8)3-7(13)14-4-6-1-2-6/h5-6H,1-4H2,(H2,9,11). The molecule has 0 radical (unpaired) electrons. The number of nitrogens with two attached hydrogens (primary N) is 1. The fraction of sp³-hybridized carbons (Fsp3) is 0.625. The third-order valence-electron chi connectivity index (χ3n) is 2.02. The van der Waals surface area contributed by atoms with Gasteiger partial charge in [0.05, 0.1) is 6.61 Å². The molecule has 6 nitrogen and oxygen atoms in total. The molecule has 6 heteroatoms. The van der Waals surface area contributed by atoms with E-state index in [9.17, 15) is 4.79 Å². The van der Waals surface area contributed by atoms with Crippen molar-refractivity contribution in [2.24, 2.45) is 5.92 Å². The second-order valence-corrected chi connectivity index (χ2v) is 3.43. The second-order valence-electron chi connectivity index (χ2n) is 3.43. The van der Waals surface area contributed by atoms with Crippen LogP contribution >= 0.6 is 0 Å². The van der Waals surface area contributed by atoms with E-state index in [4.69, 9.17) is 10.5 Å². The monoisotopic (exact) mass is 196 g/mol. The minimum Gasteiger partial charge on any atom is -0.464 e. The Morgan fingerprint density at radius 2 is 2.50 bits per heavy atom. The summed E-state index contributed by atoms with van der Waals surface area (Å²) < 4.78 is 6.38. The maximum atomic E-state index is 11.2. The summed E-state index contributed by atoms with van der Waals surface area (Å²) in [4.78, 5) is 14.9. The Hall–Kier alpha value is -1.59. The van der Waals surface area contributed by atoms with E-state index in [0.29, 0.717) is 12.5 Å². The number of hydrogen-bond donors (Lipinski definition) is 1. The highest BCUT2D eigenvalue weighted by Gasteiger charge is 2.23. The number of ether oxygens (including phenoxy) is 1. The van der Waals surface area contributed by atoms with E-state index in [-0.39, 0.29) is 18.5 Å². The van der Waals surface area contributed by atoms with Crippen molar-refractivity contribution in [3.05, 3.63) is 6.33 Å². The first-order chi connectivity index (χ1) is 6.74. The van der Waals surface area contributed by atoms with Crippen LogP contribution in [-0.4, -0.2) is 27.3 Å². The van der Waals surface area contributed by atoms with Gasteiger partial charge >= 0.3 is 5.97 Å². The summed E-state index contributed by atoms with van der Waals surface area (Å²) >= 11 is 0. The molecule has 0 amide bonds. The third kappa shape index (κ3) is 2.45. The van der Waals surface area contributed by atoms with E-state index in [1.165, 1.54) is 23.9 Å². The van der Waals surface area contributed by atoms with Crippen LogP contribution in [0.4, 0.5) is 5.95 Å². The second kappa shape index (κ2) is 3.65. The first kappa shape index (κ1) is 8.98. The van der Waals surface area contributed by atoms with Gasteiger partial charge in [0.2, 0.25) is 5.95 Å². The Labute approximate surface area is 81.1 Å². The molecule has 0 bridgehead atoms. The van der Waals surface area contributed by atoms with Gasteiger partial charge in [-0.05, 0) is 18.8 Å². The van der Waals surface area contributed by atoms with Crippen molar-refractivity contribution in [1.82, 2.24) is 14.8 Å². The van der Waals surface area contributed by atoms with E-state index in [1.54, 1.807) is 0 Å². The molecule has 1 heterocycles. The van der Waals surface area contributed by atoms with Gasteiger partial charge in [0.25, 0.3) is 0 Å². The van der Waals surface area contributed by atoms with Crippen LogP contribution < -0.4 is 5.73 Å². The molecule has 0 spiro atoms. The molecule has 2 N–H and O–H groups in total. The molecule has 14 heavy (non-hydrogen) atoms. The smallest absolute Gasteiger partial charge is 0.327 e. The number of rotatable bonds is 4. The molecule has 2 rings (SSSR count). The van der Waals surface area contributed by atoms with Crippen LogP contribution in [-0.2, 0) is 16.1 Å². The fourth-order valence-corrected chi connectivity index (χ4v) is 1.06. The summed E-state index contributed by atoms with van der Waals surface area (Å²) in [6.45, 7) is 0.611. The van der Waals surface area contributed by atoms with Crippen molar-refractivity contribution in [3.63, 3.8) is 0 Å². The van der Waals surface area contributed by atoms with Gasteiger partial charge in [-0.25, -0.2) is 9.67 Å². The van der Waals surface area contributed by atoms with Crippen LogP contribution in [0.1, 0.15) is 12.8 Å². The minimum atomic E-state index is -0.290. The molecule has 0 unspecified atom stereocenters.